The van der Waals surface area contributed by atoms with Crippen molar-refractivity contribution < 1.29 is 9.21 Å². The third kappa shape index (κ3) is 3.02. The van der Waals surface area contributed by atoms with Crippen molar-refractivity contribution in [2.45, 2.75) is 51.4 Å². The van der Waals surface area contributed by atoms with Crippen LogP contribution in [-0.2, 0) is 11.2 Å². The van der Waals surface area contributed by atoms with Gasteiger partial charge < -0.3 is 9.32 Å². The second-order valence-electron chi connectivity index (χ2n) is 6.07. The molecule has 3 nitrogen and oxygen atoms in total. The number of amides is 1. The zero-order valence-corrected chi connectivity index (χ0v) is 11.7. The van der Waals surface area contributed by atoms with E-state index in [2.05, 4.69) is 13.0 Å². The molecule has 19 heavy (non-hydrogen) atoms. The Labute approximate surface area is 115 Å². The minimum atomic E-state index is 0.289. The molecule has 0 spiro atoms. The molecule has 1 amide bonds. The van der Waals surface area contributed by atoms with Gasteiger partial charge in [-0.2, -0.15) is 0 Å². The van der Waals surface area contributed by atoms with Crippen molar-refractivity contribution >= 4 is 5.91 Å². The highest BCUT2D eigenvalue weighted by Gasteiger charge is 2.36. The van der Waals surface area contributed by atoms with Gasteiger partial charge in [0.05, 0.1) is 0 Å². The van der Waals surface area contributed by atoms with Crippen LogP contribution in [0.25, 0.3) is 0 Å². The lowest BCUT2D eigenvalue weighted by molar-refractivity contribution is -0.132. The molecule has 1 saturated carbocycles. The van der Waals surface area contributed by atoms with Crippen LogP contribution in [0.4, 0.5) is 0 Å². The van der Waals surface area contributed by atoms with Crippen molar-refractivity contribution in [1.82, 2.24) is 4.90 Å². The SMILES string of the molecule is CC1CC1c1ccc(CCC(=O)N2CCCCC2)o1. The lowest BCUT2D eigenvalue weighted by Crippen LogP contribution is -2.35. The molecule has 2 aliphatic rings. The molecule has 1 aliphatic heterocycles. The number of rotatable bonds is 4. The van der Waals surface area contributed by atoms with Gasteiger partial charge in [0.2, 0.25) is 5.91 Å². The molecule has 3 rings (SSSR count). The third-order valence-corrected chi connectivity index (χ3v) is 4.45. The van der Waals surface area contributed by atoms with Crippen molar-refractivity contribution in [3.05, 3.63) is 23.7 Å². The molecular formula is C16H23NO2. The molecule has 3 heteroatoms. The van der Waals surface area contributed by atoms with Crippen molar-refractivity contribution in [3.8, 4) is 0 Å². The maximum Gasteiger partial charge on any atom is 0.223 e. The molecule has 2 unspecified atom stereocenters. The minimum Gasteiger partial charge on any atom is -0.466 e. The molecule has 0 radical (unpaired) electrons. The summed E-state index contributed by atoms with van der Waals surface area (Å²) in [5.41, 5.74) is 0. The van der Waals surface area contributed by atoms with E-state index in [1.807, 2.05) is 11.0 Å². The highest BCUT2D eigenvalue weighted by atomic mass is 16.3. The van der Waals surface area contributed by atoms with Crippen molar-refractivity contribution in [3.63, 3.8) is 0 Å². The van der Waals surface area contributed by atoms with E-state index >= 15 is 0 Å². The van der Waals surface area contributed by atoms with E-state index in [4.69, 9.17) is 4.42 Å². The van der Waals surface area contributed by atoms with E-state index in [9.17, 15) is 4.79 Å². The normalized spacial score (nSPS) is 26.5. The number of likely N-dealkylation sites (tertiary alicyclic amines) is 1. The predicted octanol–water partition coefficient (Wildman–Crippen LogP) is 3.35. The van der Waals surface area contributed by atoms with Gasteiger partial charge >= 0.3 is 0 Å². The molecule has 0 aromatic carbocycles. The van der Waals surface area contributed by atoms with Crippen LogP contribution in [-0.4, -0.2) is 23.9 Å². The van der Waals surface area contributed by atoms with Crippen molar-refractivity contribution in [2.75, 3.05) is 13.1 Å². The van der Waals surface area contributed by atoms with Gasteiger partial charge in [-0.3, -0.25) is 4.79 Å². The largest absolute Gasteiger partial charge is 0.466 e. The summed E-state index contributed by atoms with van der Waals surface area (Å²) in [5.74, 6) is 3.78. The molecule has 104 valence electrons. The van der Waals surface area contributed by atoms with Crippen LogP contribution in [0.15, 0.2) is 16.5 Å². The molecule has 2 fully saturated rings. The molecule has 1 aromatic rings. The smallest absolute Gasteiger partial charge is 0.223 e. The van der Waals surface area contributed by atoms with Crippen LogP contribution in [0, 0.1) is 5.92 Å². The van der Waals surface area contributed by atoms with Crippen LogP contribution in [0.3, 0.4) is 0 Å². The molecule has 0 N–H and O–H groups in total. The molecule has 1 saturated heterocycles. The topological polar surface area (TPSA) is 33.5 Å². The summed E-state index contributed by atoms with van der Waals surface area (Å²) < 4.78 is 5.84. The van der Waals surface area contributed by atoms with E-state index in [0.717, 1.165) is 49.8 Å². The van der Waals surface area contributed by atoms with E-state index in [0.29, 0.717) is 12.3 Å². The summed E-state index contributed by atoms with van der Waals surface area (Å²) in [4.78, 5) is 14.1. The Balaban J connectivity index is 1.48. The van der Waals surface area contributed by atoms with Gasteiger partial charge in [-0.05, 0) is 43.7 Å². The van der Waals surface area contributed by atoms with Gasteiger partial charge in [-0.25, -0.2) is 0 Å². The summed E-state index contributed by atoms with van der Waals surface area (Å²) in [6, 6.07) is 4.14. The van der Waals surface area contributed by atoms with Gasteiger partial charge in [0.15, 0.2) is 0 Å². The summed E-state index contributed by atoms with van der Waals surface area (Å²) >= 11 is 0. The monoisotopic (exact) mass is 261 g/mol. The Bertz CT molecular complexity index is 445. The second kappa shape index (κ2) is 5.40. The van der Waals surface area contributed by atoms with Gasteiger partial charge in [0.1, 0.15) is 11.5 Å². The Kier molecular flexibility index (Phi) is 3.63. The highest BCUT2D eigenvalue weighted by Crippen LogP contribution is 2.47. The standard InChI is InChI=1S/C16H23NO2/c1-12-11-14(12)15-7-5-13(19-15)6-8-16(18)17-9-3-2-4-10-17/h5,7,12,14H,2-4,6,8-11H2,1H3. The van der Waals surface area contributed by atoms with E-state index in [1.54, 1.807) is 0 Å². The maximum absolute atomic E-state index is 12.1. The van der Waals surface area contributed by atoms with Crippen molar-refractivity contribution in [1.29, 1.82) is 0 Å². The maximum atomic E-state index is 12.1. The van der Waals surface area contributed by atoms with Crippen LogP contribution < -0.4 is 0 Å². The lowest BCUT2D eigenvalue weighted by Gasteiger charge is -2.26. The predicted molar refractivity (Wildman–Crippen MR) is 74.0 cm³/mol. The number of carbonyl (C=O) groups excluding carboxylic acids is 1. The summed E-state index contributed by atoms with van der Waals surface area (Å²) in [6.45, 7) is 4.15. The Morgan fingerprint density at radius 1 is 1.32 bits per heavy atom. The molecule has 1 aliphatic carbocycles. The van der Waals surface area contributed by atoms with Gasteiger partial charge in [0.25, 0.3) is 0 Å². The Morgan fingerprint density at radius 3 is 2.74 bits per heavy atom. The molecule has 0 bridgehead atoms. The summed E-state index contributed by atoms with van der Waals surface area (Å²) in [5, 5.41) is 0. The molecular weight excluding hydrogens is 238 g/mol. The third-order valence-electron chi connectivity index (χ3n) is 4.45. The van der Waals surface area contributed by atoms with Gasteiger partial charge in [-0.15, -0.1) is 0 Å². The fourth-order valence-electron chi connectivity index (χ4n) is 2.98. The summed E-state index contributed by atoms with van der Waals surface area (Å²) in [6.07, 6.45) is 6.18. The number of carbonyl (C=O) groups is 1. The van der Waals surface area contributed by atoms with Gasteiger partial charge in [-0.1, -0.05) is 6.92 Å². The lowest BCUT2D eigenvalue weighted by atomic mass is 10.1. The quantitative estimate of drug-likeness (QED) is 0.832. The first-order chi connectivity index (χ1) is 9.24. The van der Waals surface area contributed by atoms with Gasteiger partial charge in [0, 0.05) is 31.8 Å². The molecule has 2 atom stereocenters. The van der Waals surface area contributed by atoms with Crippen LogP contribution in [0.1, 0.15) is 56.5 Å². The van der Waals surface area contributed by atoms with Crippen LogP contribution in [0.5, 0.6) is 0 Å². The zero-order chi connectivity index (χ0) is 13.2. The zero-order valence-electron chi connectivity index (χ0n) is 11.7. The average molecular weight is 261 g/mol. The fourth-order valence-corrected chi connectivity index (χ4v) is 2.98. The minimum absolute atomic E-state index is 0.289. The fraction of sp³-hybridized carbons (Fsp3) is 0.688. The number of furan rings is 1. The number of hydrogen-bond acceptors (Lipinski definition) is 2. The van der Waals surface area contributed by atoms with Crippen molar-refractivity contribution in [2.24, 2.45) is 5.92 Å². The second-order valence-corrected chi connectivity index (χ2v) is 6.07. The number of piperidine rings is 1. The first kappa shape index (κ1) is 12.8. The Morgan fingerprint density at radius 2 is 2.05 bits per heavy atom. The van der Waals surface area contributed by atoms with E-state index in [1.165, 1.54) is 12.8 Å². The highest BCUT2D eigenvalue weighted by molar-refractivity contribution is 5.76. The van der Waals surface area contributed by atoms with Crippen LogP contribution >= 0.6 is 0 Å². The number of hydrogen-bond donors (Lipinski definition) is 0. The molecule has 2 heterocycles. The average Bonchev–Trinajstić information content (AvgIpc) is 3.00. The number of aryl methyl sites for hydroxylation is 1. The molecule has 1 aromatic heterocycles. The first-order valence-electron chi connectivity index (χ1n) is 7.60. The van der Waals surface area contributed by atoms with E-state index < -0.39 is 0 Å². The van der Waals surface area contributed by atoms with Crippen LogP contribution in [0.2, 0.25) is 0 Å². The number of nitrogens with zero attached hydrogens (tertiary/aromatic N) is 1. The van der Waals surface area contributed by atoms with E-state index in [-0.39, 0.29) is 5.91 Å². The first-order valence-corrected chi connectivity index (χ1v) is 7.60. The summed E-state index contributed by atoms with van der Waals surface area (Å²) in [7, 11) is 0. The Hall–Kier alpha value is -1.25.